The largest absolute Gasteiger partial charge is 0.325 e. The molecule has 0 amide bonds. The molecule has 0 rings (SSSR count). The molecule has 0 aliphatic carbocycles. The molecule has 2 N–H and O–H groups in total. The van der Waals surface area contributed by atoms with E-state index in [0.29, 0.717) is 0 Å². The molecule has 0 fully saturated rings. The van der Waals surface area contributed by atoms with Gasteiger partial charge in [0.05, 0.1) is 0 Å². The third-order valence-corrected chi connectivity index (χ3v) is 1.43. The quantitative estimate of drug-likeness (QED) is 0.575. The Morgan fingerprint density at radius 2 is 2.22 bits per heavy atom. The van der Waals surface area contributed by atoms with Crippen LogP contribution in [0.4, 0.5) is 0 Å². The summed E-state index contributed by atoms with van der Waals surface area (Å²) in [6, 6.07) is 0. The molecule has 0 heterocycles. The minimum Gasteiger partial charge on any atom is -0.325 e. The summed E-state index contributed by atoms with van der Waals surface area (Å²) in [5.41, 5.74) is 5.85. The first kappa shape index (κ1) is 8.70. The molecule has 0 aromatic carbocycles. The topological polar surface area (TPSA) is 26.0 Å². The summed E-state index contributed by atoms with van der Waals surface area (Å²) in [5.74, 6) is 0. The fraction of sp³-hybridized carbons (Fsp3) is 0.750. The normalized spacial score (nSPS) is 16.8. The number of nitrogens with two attached hydrogens (primary N) is 1. The molecule has 0 aromatic heterocycles. The molecule has 0 radical (unpaired) electrons. The maximum absolute atomic E-state index is 5.87. The van der Waals surface area contributed by atoms with E-state index in [1.807, 2.05) is 6.08 Å². The molecule has 0 saturated heterocycles. The zero-order valence-corrected chi connectivity index (χ0v) is 6.48. The molecular formula is C8H17N. The molecule has 0 bridgehead atoms. The van der Waals surface area contributed by atoms with Crippen LogP contribution in [0.3, 0.4) is 0 Å². The molecular weight excluding hydrogens is 110 g/mol. The van der Waals surface area contributed by atoms with Crippen molar-refractivity contribution in [3.05, 3.63) is 12.7 Å². The number of hydrogen-bond acceptors (Lipinski definition) is 1. The Labute approximate surface area is 57.9 Å². The standard InChI is InChI=1S/C8H17N/c1-4-6-8(3,9)7-5-2/h4H,1,5-7,9H2,2-3H3. The highest BCUT2D eigenvalue weighted by Crippen LogP contribution is 2.12. The van der Waals surface area contributed by atoms with E-state index in [1.165, 1.54) is 0 Å². The molecule has 1 unspecified atom stereocenters. The van der Waals surface area contributed by atoms with E-state index in [2.05, 4.69) is 20.4 Å². The summed E-state index contributed by atoms with van der Waals surface area (Å²) < 4.78 is 0. The first-order valence-corrected chi connectivity index (χ1v) is 3.52. The minimum absolute atomic E-state index is 0.0174. The highest BCUT2D eigenvalue weighted by molar-refractivity contribution is 4.86. The Morgan fingerprint density at radius 3 is 2.56 bits per heavy atom. The van der Waals surface area contributed by atoms with Crippen LogP contribution >= 0.6 is 0 Å². The van der Waals surface area contributed by atoms with Gasteiger partial charge in [-0.3, -0.25) is 0 Å². The van der Waals surface area contributed by atoms with Crippen molar-refractivity contribution in [3.63, 3.8) is 0 Å². The van der Waals surface area contributed by atoms with Crippen LogP contribution in [0, 0.1) is 0 Å². The van der Waals surface area contributed by atoms with Crippen molar-refractivity contribution >= 4 is 0 Å². The molecule has 0 aromatic rings. The lowest BCUT2D eigenvalue weighted by Crippen LogP contribution is -2.34. The van der Waals surface area contributed by atoms with E-state index in [0.717, 1.165) is 19.3 Å². The Balaban J connectivity index is 3.55. The van der Waals surface area contributed by atoms with Crippen LogP contribution in [0.5, 0.6) is 0 Å². The lowest BCUT2D eigenvalue weighted by atomic mass is 9.94. The van der Waals surface area contributed by atoms with E-state index in [4.69, 9.17) is 5.73 Å². The molecule has 1 heteroatoms. The van der Waals surface area contributed by atoms with Gasteiger partial charge in [-0.05, 0) is 19.8 Å². The first-order valence-electron chi connectivity index (χ1n) is 3.52. The smallest absolute Gasteiger partial charge is 0.0160 e. The van der Waals surface area contributed by atoms with E-state index in [9.17, 15) is 0 Å². The molecule has 0 aliphatic rings. The van der Waals surface area contributed by atoms with Crippen LogP contribution < -0.4 is 5.73 Å². The first-order chi connectivity index (χ1) is 4.12. The molecule has 54 valence electrons. The van der Waals surface area contributed by atoms with Crippen molar-refractivity contribution in [2.75, 3.05) is 0 Å². The predicted octanol–water partition coefficient (Wildman–Crippen LogP) is 2.08. The molecule has 9 heavy (non-hydrogen) atoms. The highest BCUT2D eigenvalue weighted by Gasteiger charge is 2.13. The van der Waals surface area contributed by atoms with Gasteiger partial charge in [0.25, 0.3) is 0 Å². The van der Waals surface area contributed by atoms with E-state index < -0.39 is 0 Å². The summed E-state index contributed by atoms with van der Waals surface area (Å²) in [4.78, 5) is 0. The van der Waals surface area contributed by atoms with Gasteiger partial charge in [0.2, 0.25) is 0 Å². The maximum atomic E-state index is 5.87. The van der Waals surface area contributed by atoms with Crippen molar-refractivity contribution in [1.82, 2.24) is 0 Å². The lowest BCUT2D eigenvalue weighted by Gasteiger charge is -2.21. The zero-order valence-electron chi connectivity index (χ0n) is 6.48. The Bertz CT molecular complexity index is 84.6. The van der Waals surface area contributed by atoms with Crippen molar-refractivity contribution in [1.29, 1.82) is 0 Å². The summed E-state index contributed by atoms with van der Waals surface area (Å²) in [6.45, 7) is 7.86. The van der Waals surface area contributed by atoms with Gasteiger partial charge in [0.1, 0.15) is 0 Å². The van der Waals surface area contributed by atoms with Crippen LogP contribution in [-0.2, 0) is 0 Å². The number of hydrogen-bond donors (Lipinski definition) is 1. The van der Waals surface area contributed by atoms with Gasteiger partial charge < -0.3 is 5.73 Å². The Morgan fingerprint density at radius 1 is 1.67 bits per heavy atom. The van der Waals surface area contributed by atoms with Crippen LogP contribution in [0.25, 0.3) is 0 Å². The molecule has 0 spiro atoms. The third-order valence-electron chi connectivity index (χ3n) is 1.43. The van der Waals surface area contributed by atoms with Crippen LogP contribution in [-0.4, -0.2) is 5.54 Å². The van der Waals surface area contributed by atoms with Crippen molar-refractivity contribution in [3.8, 4) is 0 Å². The van der Waals surface area contributed by atoms with Gasteiger partial charge in [0.15, 0.2) is 0 Å². The fourth-order valence-electron chi connectivity index (χ4n) is 1.00. The van der Waals surface area contributed by atoms with Crippen LogP contribution in [0.15, 0.2) is 12.7 Å². The average Bonchev–Trinajstić information content (AvgIpc) is 1.64. The van der Waals surface area contributed by atoms with E-state index in [-0.39, 0.29) is 5.54 Å². The van der Waals surface area contributed by atoms with E-state index >= 15 is 0 Å². The second-order valence-corrected chi connectivity index (χ2v) is 2.90. The summed E-state index contributed by atoms with van der Waals surface area (Å²) in [5, 5.41) is 0. The van der Waals surface area contributed by atoms with Crippen LogP contribution in [0.1, 0.15) is 33.1 Å². The highest BCUT2D eigenvalue weighted by atomic mass is 14.7. The van der Waals surface area contributed by atoms with Gasteiger partial charge in [-0.1, -0.05) is 19.4 Å². The van der Waals surface area contributed by atoms with Crippen molar-refractivity contribution in [2.24, 2.45) is 5.73 Å². The monoisotopic (exact) mass is 127 g/mol. The zero-order chi connectivity index (χ0) is 7.33. The minimum atomic E-state index is -0.0174. The van der Waals surface area contributed by atoms with Gasteiger partial charge >= 0.3 is 0 Å². The lowest BCUT2D eigenvalue weighted by molar-refractivity contribution is 0.432. The van der Waals surface area contributed by atoms with Gasteiger partial charge in [0, 0.05) is 5.54 Å². The summed E-state index contributed by atoms with van der Waals surface area (Å²) in [7, 11) is 0. The molecule has 0 aliphatic heterocycles. The van der Waals surface area contributed by atoms with Gasteiger partial charge in [-0.25, -0.2) is 0 Å². The Hall–Kier alpha value is -0.300. The molecule has 0 saturated carbocycles. The number of rotatable bonds is 4. The average molecular weight is 127 g/mol. The summed E-state index contributed by atoms with van der Waals surface area (Å²) in [6.07, 6.45) is 5.04. The second-order valence-electron chi connectivity index (χ2n) is 2.90. The predicted molar refractivity (Wildman–Crippen MR) is 42.3 cm³/mol. The fourth-order valence-corrected chi connectivity index (χ4v) is 1.00. The van der Waals surface area contributed by atoms with Crippen LogP contribution in [0.2, 0.25) is 0 Å². The molecule has 1 atom stereocenters. The second kappa shape index (κ2) is 3.67. The maximum Gasteiger partial charge on any atom is 0.0160 e. The van der Waals surface area contributed by atoms with E-state index in [1.54, 1.807) is 0 Å². The van der Waals surface area contributed by atoms with Crippen molar-refractivity contribution < 1.29 is 0 Å². The van der Waals surface area contributed by atoms with Crippen molar-refractivity contribution in [2.45, 2.75) is 38.6 Å². The molecule has 1 nitrogen and oxygen atoms in total. The SMILES string of the molecule is C=CCC(C)(N)CCC. The van der Waals surface area contributed by atoms with Gasteiger partial charge in [-0.15, -0.1) is 6.58 Å². The Kier molecular flexibility index (Phi) is 3.55. The van der Waals surface area contributed by atoms with Gasteiger partial charge in [-0.2, -0.15) is 0 Å². The third kappa shape index (κ3) is 4.22. The summed E-state index contributed by atoms with van der Waals surface area (Å²) >= 11 is 0.